The van der Waals surface area contributed by atoms with Crippen LogP contribution in [0.25, 0.3) is 0 Å². The van der Waals surface area contributed by atoms with Gasteiger partial charge in [-0.05, 0) is 25.3 Å². The van der Waals surface area contributed by atoms with Crippen LogP contribution in [0.1, 0.15) is 43.2 Å². The Kier molecular flexibility index (Phi) is 6.35. The molecule has 1 aromatic rings. The normalized spacial score (nSPS) is 17.1. The highest BCUT2D eigenvalue weighted by Gasteiger charge is 2.32. The van der Waals surface area contributed by atoms with E-state index in [2.05, 4.69) is 5.32 Å². The number of aryl methyl sites for hydroxylation is 1. The number of carboxylic acids is 1. The van der Waals surface area contributed by atoms with Gasteiger partial charge in [-0.25, -0.2) is 0 Å². The fraction of sp³-hybridized carbons (Fsp3) is 0.500. The van der Waals surface area contributed by atoms with Crippen LogP contribution in [0.5, 0.6) is 0 Å². The molecule has 1 unspecified atom stereocenters. The second-order valence-corrected chi connectivity index (χ2v) is 6.25. The van der Waals surface area contributed by atoms with Crippen molar-refractivity contribution in [1.29, 1.82) is 0 Å². The van der Waals surface area contributed by atoms with Crippen molar-refractivity contribution in [2.75, 3.05) is 6.54 Å². The molecule has 0 saturated carbocycles. The van der Waals surface area contributed by atoms with Gasteiger partial charge in [0.25, 0.3) is 0 Å². The maximum Gasteiger partial charge on any atom is 0.303 e. The van der Waals surface area contributed by atoms with E-state index < -0.39 is 5.97 Å². The quantitative estimate of drug-likeness (QED) is 0.711. The summed E-state index contributed by atoms with van der Waals surface area (Å²) >= 11 is 0. The van der Waals surface area contributed by atoms with Crippen molar-refractivity contribution in [3.05, 3.63) is 35.4 Å². The van der Waals surface area contributed by atoms with E-state index in [9.17, 15) is 14.4 Å². The van der Waals surface area contributed by atoms with Crippen LogP contribution in [0.15, 0.2) is 24.3 Å². The Morgan fingerprint density at radius 1 is 1.29 bits per heavy atom. The molecule has 24 heavy (non-hydrogen) atoms. The molecule has 1 saturated heterocycles. The predicted octanol–water partition coefficient (Wildman–Crippen LogP) is 1.86. The van der Waals surface area contributed by atoms with Gasteiger partial charge in [0.05, 0.1) is 0 Å². The highest BCUT2D eigenvalue weighted by atomic mass is 16.4. The molecule has 1 heterocycles. The Balaban J connectivity index is 1.84. The first-order valence-corrected chi connectivity index (χ1v) is 8.29. The number of carboxylic acid groups (broad SMARTS) is 1. The van der Waals surface area contributed by atoms with E-state index in [0.29, 0.717) is 32.4 Å². The summed E-state index contributed by atoms with van der Waals surface area (Å²) in [5.74, 6) is -0.914. The van der Waals surface area contributed by atoms with Gasteiger partial charge in [-0.1, -0.05) is 29.8 Å². The number of aliphatic carboxylic acids is 1. The summed E-state index contributed by atoms with van der Waals surface area (Å²) in [7, 11) is 0. The first-order valence-electron chi connectivity index (χ1n) is 8.29. The summed E-state index contributed by atoms with van der Waals surface area (Å²) in [6, 6.07) is 7.95. The van der Waals surface area contributed by atoms with E-state index in [1.54, 1.807) is 4.90 Å². The van der Waals surface area contributed by atoms with Crippen LogP contribution >= 0.6 is 0 Å². The minimum atomic E-state index is -0.866. The molecule has 130 valence electrons. The Hall–Kier alpha value is -2.37. The highest BCUT2D eigenvalue weighted by molar-refractivity contribution is 5.82. The van der Waals surface area contributed by atoms with Crippen molar-refractivity contribution < 1.29 is 19.5 Å². The first-order chi connectivity index (χ1) is 11.5. The minimum Gasteiger partial charge on any atom is -0.481 e. The third kappa shape index (κ3) is 5.37. The van der Waals surface area contributed by atoms with Crippen LogP contribution in [0, 0.1) is 6.92 Å². The van der Waals surface area contributed by atoms with E-state index in [0.717, 1.165) is 5.56 Å². The lowest BCUT2D eigenvalue weighted by Crippen LogP contribution is -2.37. The van der Waals surface area contributed by atoms with Crippen molar-refractivity contribution in [3.8, 4) is 0 Å². The number of rotatable bonds is 8. The Bertz CT molecular complexity index is 598. The third-order valence-corrected chi connectivity index (χ3v) is 4.24. The van der Waals surface area contributed by atoms with Crippen LogP contribution in [0.3, 0.4) is 0 Å². The number of carbonyl (C=O) groups excluding carboxylic acids is 2. The fourth-order valence-corrected chi connectivity index (χ4v) is 2.87. The number of nitrogens with one attached hydrogen (secondary N) is 1. The average Bonchev–Trinajstić information content (AvgIpc) is 2.86. The maximum absolute atomic E-state index is 12.1. The molecule has 2 amide bonds. The van der Waals surface area contributed by atoms with Crippen LogP contribution in [-0.4, -0.2) is 40.4 Å². The van der Waals surface area contributed by atoms with Crippen LogP contribution in [0.4, 0.5) is 0 Å². The maximum atomic E-state index is 12.1. The zero-order valence-electron chi connectivity index (χ0n) is 14.0. The van der Waals surface area contributed by atoms with E-state index in [1.807, 2.05) is 31.2 Å². The highest BCUT2D eigenvalue weighted by Crippen LogP contribution is 2.24. The molecule has 0 spiro atoms. The van der Waals surface area contributed by atoms with Crippen molar-refractivity contribution in [2.45, 2.75) is 51.6 Å². The van der Waals surface area contributed by atoms with E-state index >= 15 is 0 Å². The minimum absolute atomic E-state index is 0.0434. The summed E-state index contributed by atoms with van der Waals surface area (Å²) in [6.45, 7) is 2.89. The molecule has 6 nitrogen and oxygen atoms in total. The standard InChI is InChI=1S/C18H24N2O4/c1-13-4-6-14(7-5-13)12-20-15(8-9-17(20)22)11-16(21)19-10-2-3-18(23)24/h4-7,15H,2-3,8-12H2,1H3,(H,19,21)(H,23,24). The van der Waals surface area contributed by atoms with Gasteiger partial charge in [0.2, 0.25) is 11.8 Å². The molecule has 2 rings (SSSR count). The predicted molar refractivity (Wildman–Crippen MR) is 89.2 cm³/mol. The van der Waals surface area contributed by atoms with Gasteiger partial charge in [0.1, 0.15) is 0 Å². The molecule has 6 heteroatoms. The van der Waals surface area contributed by atoms with Gasteiger partial charge in [0, 0.05) is 38.4 Å². The monoisotopic (exact) mass is 332 g/mol. The van der Waals surface area contributed by atoms with Crippen molar-refractivity contribution in [3.63, 3.8) is 0 Å². The van der Waals surface area contributed by atoms with Crippen molar-refractivity contribution in [1.82, 2.24) is 10.2 Å². The fourth-order valence-electron chi connectivity index (χ4n) is 2.87. The molecule has 1 aliphatic heterocycles. The summed E-state index contributed by atoms with van der Waals surface area (Å²) in [4.78, 5) is 36.3. The molecule has 2 N–H and O–H groups in total. The lowest BCUT2D eigenvalue weighted by Gasteiger charge is -2.24. The molecular formula is C18H24N2O4. The zero-order chi connectivity index (χ0) is 17.5. The summed E-state index contributed by atoms with van der Waals surface area (Å²) < 4.78 is 0. The summed E-state index contributed by atoms with van der Waals surface area (Å²) in [5.41, 5.74) is 2.23. The van der Waals surface area contributed by atoms with Crippen LogP contribution < -0.4 is 5.32 Å². The van der Waals surface area contributed by atoms with Gasteiger partial charge >= 0.3 is 5.97 Å². The van der Waals surface area contributed by atoms with E-state index in [4.69, 9.17) is 5.11 Å². The molecule has 0 radical (unpaired) electrons. The van der Waals surface area contributed by atoms with Crippen molar-refractivity contribution >= 4 is 17.8 Å². The first kappa shape index (κ1) is 18.0. The number of likely N-dealkylation sites (tertiary alicyclic amines) is 1. The number of nitrogens with zero attached hydrogens (tertiary/aromatic N) is 1. The Morgan fingerprint density at radius 2 is 2.00 bits per heavy atom. The number of carbonyl (C=O) groups is 3. The van der Waals surface area contributed by atoms with Crippen molar-refractivity contribution in [2.24, 2.45) is 0 Å². The number of amides is 2. The third-order valence-electron chi connectivity index (χ3n) is 4.24. The smallest absolute Gasteiger partial charge is 0.303 e. The largest absolute Gasteiger partial charge is 0.481 e. The summed E-state index contributed by atoms with van der Waals surface area (Å²) in [5, 5.41) is 11.3. The van der Waals surface area contributed by atoms with Gasteiger partial charge in [-0.2, -0.15) is 0 Å². The molecule has 1 aromatic carbocycles. The molecule has 0 aromatic heterocycles. The SMILES string of the molecule is Cc1ccc(CN2C(=O)CCC2CC(=O)NCCCC(=O)O)cc1. The van der Waals surface area contributed by atoms with Gasteiger partial charge < -0.3 is 15.3 Å². The Morgan fingerprint density at radius 3 is 2.67 bits per heavy atom. The van der Waals surface area contributed by atoms with Crippen LogP contribution in [0.2, 0.25) is 0 Å². The number of hydrogen-bond donors (Lipinski definition) is 2. The number of benzene rings is 1. The molecule has 1 aliphatic rings. The second-order valence-electron chi connectivity index (χ2n) is 6.25. The second kappa shape index (κ2) is 8.47. The van der Waals surface area contributed by atoms with E-state index in [1.165, 1.54) is 5.56 Å². The average molecular weight is 332 g/mol. The Labute approximate surface area is 141 Å². The van der Waals surface area contributed by atoms with Gasteiger partial charge in [-0.15, -0.1) is 0 Å². The zero-order valence-corrected chi connectivity index (χ0v) is 14.0. The molecule has 1 fully saturated rings. The van der Waals surface area contributed by atoms with Gasteiger partial charge in [0.15, 0.2) is 0 Å². The molecule has 0 aliphatic carbocycles. The van der Waals surface area contributed by atoms with Crippen LogP contribution in [-0.2, 0) is 20.9 Å². The molecule has 1 atom stereocenters. The molecule has 0 bridgehead atoms. The lowest BCUT2D eigenvalue weighted by atomic mass is 10.1. The van der Waals surface area contributed by atoms with E-state index in [-0.39, 0.29) is 30.7 Å². The lowest BCUT2D eigenvalue weighted by molar-refractivity contribution is -0.137. The molecular weight excluding hydrogens is 308 g/mol. The topological polar surface area (TPSA) is 86.7 Å². The number of hydrogen-bond acceptors (Lipinski definition) is 3. The van der Waals surface area contributed by atoms with Gasteiger partial charge in [-0.3, -0.25) is 14.4 Å². The summed E-state index contributed by atoms with van der Waals surface area (Å²) in [6.07, 6.45) is 1.89.